The van der Waals surface area contributed by atoms with E-state index in [4.69, 9.17) is 14.8 Å². The predicted octanol–water partition coefficient (Wildman–Crippen LogP) is 8.59. The predicted molar refractivity (Wildman–Crippen MR) is 172 cm³/mol. The van der Waals surface area contributed by atoms with Crippen molar-refractivity contribution in [2.45, 2.75) is 19.5 Å². The Morgan fingerprint density at radius 1 is 0.674 bits per heavy atom. The number of fused-ring (bicyclic) bond motifs is 4. The maximum Gasteiger partial charge on any atom is 0.213 e. The van der Waals surface area contributed by atoms with Crippen molar-refractivity contribution >= 4 is 23.2 Å². The largest absolute Gasteiger partial charge is 0.457 e. The Hall–Kier alpha value is -5.62. The molecule has 0 saturated heterocycles. The fraction of sp³-hybridized carbons (Fsp3) is 0.0811. The van der Waals surface area contributed by atoms with Gasteiger partial charge in [-0.3, -0.25) is 4.90 Å². The van der Waals surface area contributed by atoms with Crippen molar-refractivity contribution in [2.24, 2.45) is 4.99 Å². The standard InChI is InChI=1S/C37H29N5O/c1-26-34-35(28-16-13-21-31(24-28)43-30-19-9-4-10-20-30)41-33-23-12-11-22-32(33)40(25-27-14-5-2-6-15-27)37(41)38-36(34)42(39-26)29-17-7-3-8-18-29/h2-24,35H,25H2,1H3/t35-/m1/s1. The van der Waals surface area contributed by atoms with Crippen LogP contribution in [0, 0.1) is 6.92 Å². The van der Waals surface area contributed by atoms with Crippen molar-refractivity contribution in [1.82, 2.24) is 9.78 Å². The number of guanidine groups is 1. The van der Waals surface area contributed by atoms with Gasteiger partial charge >= 0.3 is 0 Å². The first kappa shape index (κ1) is 25.1. The number of anilines is 2. The minimum absolute atomic E-state index is 0.166. The monoisotopic (exact) mass is 559 g/mol. The first-order valence-corrected chi connectivity index (χ1v) is 14.5. The summed E-state index contributed by atoms with van der Waals surface area (Å²) in [5.41, 5.74) is 7.59. The lowest BCUT2D eigenvalue weighted by Crippen LogP contribution is -2.42. The Morgan fingerprint density at radius 2 is 1.33 bits per heavy atom. The second-order valence-corrected chi connectivity index (χ2v) is 10.8. The number of para-hydroxylation sites is 4. The molecule has 0 N–H and O–H groups in total. The van der Waals surface area contributed by atoms with Crippen LogP contribution in [0.2, 0.25) is 0 Å². The molecular weight excluding hydrogens is 530 g/mol. The van der Waals surface area contributed by atoms with Gasteiger partial charge in [0.05, 0.1) is 35.3 Å². The minimum atomic E-state index is -0.166. The topological polar surface area (TPSA) is 45.9 Å². The van der Waals surface area contributed by atoms with Gasteiger partial charge in [-0.2, -0.15) is 10.1 Å². The number of benzene rings is 5. The van der Waals surface area contributed by atoms with Crippen LogP contribution in [-0.4, -0.2) is 15.7 Å². The fourth-order valence-corrected chi connectivity index (χ4v) is 6.15. The van der Waals surface area contributed by atoms with Gasteiger partial charge < -0.3 is 9.64 Å². The van der Waals surface area contributed by atoms with Gasteiger partial charge in [-0.15, -0.1) is 0 Å². The van der Waals surface area contributed by atoms with E-state index in [1.807, 2.05) is 59.3 Å². The Kier molecular flexibility index (Phi) is 6.04. The molecule has 1 atom stereocenters. The van der Waals surface area contributed by atoms with Gasteiger partial charge in [-0.25, -0.2) is 4.68 Å². The van der Waals surface area contributed by atoms with Crippen LogP contribution in [0.4, 0.5) is 17.2 Å². The molecule has 0 amide bonds. The van der Waals surface area contributed by atoms with Crippen molar-refractivity contribution < 1.29 is 4.74 Å². The molecule has 0 spiro atoms. The number of ether oxygens (including phenoxy) is 1. The Balaban J connectivity index is 1.33. The SMILES string of the molecule is Cc1nn(-c2ccccc2)c2c1[C@@H](c1cccc(Oc3ccccc3)c1)N1C(=N2)N(Cc2ccccc2)c2ccccc21. The average molecular weight is 560 g/mol. The highest BCUT2D eigenvalue weighted by atomic mass is 16.5. The molecule has 43 heavy (non-hydrogen) atoms. The molecule has 0 fully saturated rings. The van der Waals surface area contributed by atoms with Crippen LogP contribution in [0.5, 0.6) is 11.5 Å². The quantitative estimate of drug-likeness (QED) is 0.205. The molecular formula is C37H29N5O. The van der Waals surface area contributed by atoms with E-state index in [-0.39, 0.29) is 6.04 Å². The number of hydrogen-bond donors (Lipinski definition) is 0. The molecule has 6 nitrogen and oxygen atoms in total. The van der Waals surface area contributed by atoms with Gasteiger partial charge in [-0.05, 0) is 66.6 Å². The second-order valence-electron chi connectivity index (χ2n) is 10.8. The third kappa shape index (κ3) is 4.35. The highest BCUT2D eigenvalue weighted by Crippen LogP contribution is 2.51. The van der Waals surface area contributed by atoms with Crippen LogP contribution in [-0.2, 0) is 6.54 Å². The molecule has 2 aliphatic rings. The van der Waals surface area contributed by atoms with E-state index in [1.165, 1.54) is 5.56 Å². The molecule has 2 aliphatic heterocycles. The van der Waals surface area contributed by atoms with Crippen molar-refractivity contribution in [1.29, 1.82) is 0 Å². The molecule has 3 heterocycles. The summed E-state index contributed by atoms with van der Waals surface area (Å²) in [6.45, 7) is 2.78. The number of aryl methyl sites for hydroxylation is 1. The van der Waals surface area contributed by atoms with Crippen molar-refractivity contribution in [3.8, 4) is 17.2 Å². The van der Waals surface area contributed by atoms with Gasteiger partial charge in [0.2, 0.25) is 5.96 Å². The zero-order valence-corrected chi connectivity index (χ0v) is 23.7. The van der Waals surface area contributed by atoms with Crippen molar-refractivity contribution in [2.75, 3.05) is 9.80 Å². The number of hydrogen-bond acceptors (Lipinski definition) is 5. The summed E-state index contributed by atoms with van der Waals surface area (Å²) in [7, 11) is 0. The van der Waals surface area contributed by atoms with E-state index in [1.54, 1.807) is 0 Å². The van der Waals surface area contributed by atoms with Crippen LogP contribution < -0.4 is 14.5 Å². The lowest BCUT2D eigenvalue weighted by molar-refractivity contribution is 0.481. The van der Waals surface area contributed by atoms with E-state index >= 15 is 0 Å². The molecule has 5 aromatic carbocycles. The lowest BCUT2D eigenvalue weighted by Gasteiger charge is -2.35. The molecule has 1 aromatic heterocycles. The van der Waals surface area contributed by atoms with Crippen LogP contribution in [0.3, 0.4) is 0 Å². The fourth-order valence-electron chi connectivity index (χ4n) is 6.15. The van der Waals surface area contributed by atoms with E-state index in [9.17, 15) is 0 Å². The Morgan fingerprint density at radius 3 is 2.09 bits per heavy atom. The average Bonchev–Trinajstić information content (AvgIpc) is 3.56. The van der Waals surface area contributed by atoms with Crippen LogP contribution in [0.25, 0.3) is 5.69 Å². The lowest BCUT2D eigenvalue weighted by atomic mass is 9.95. The van der Waals surface area contributed by atoms with E-state index in [2.05, 4.69) is 102 Å². The van der Waals surface area contributed by atoms with Crippen molar-refractivity contribution in [3.05, 3.63) is 162 Å². The summed E-state index contributed by atoms with van der Waals surface area (Å²) in [6.07, 6.45) is 0. The second kappa shape index (κ2) is 10.3. The summed E-state index contributed by atoms with van der Waals surface area (Å²) >= 11 is 0. The summed E-state index contributed by atoms with van der Waals surface area (Å²) in [6, 6.07) is 47.5. The number of aliphatic imine (C=N–C) groups is 1. The van der Waals surface area contributed by atoms with E-state index in [0.29, 0.717) is 6.54 Å². The molecule has 8 rings (SSSR count). The van der Waals surface area contributed by atoms with Crippen LogP contribution >= 0.6 is 0 Å². The molecule has 0 saturated carbocycles. The molecule has 6 heteroatoms. The zero-order chi connectivity index (χ0) is 28.8. The minimum Gasteiger partial charge on any atom is -0.457 e. The van der Waals surface area contributed by atoms with Crippen molar-refractivity contribution in [3.63, 3.8) is 0 Å². The number of nitrogens with zero attached hydrogens (tertiary/aromatic N) is 5. The van der Waals surface area contributed by atoms with Gasteiger partial charge in [0.15, 0.2) is 5.82 Å². The number of aromatic nitrogens is 2. The van der Waals surface area contributed by atoms with E-state index < -0.39 is 0 Å². The maximum absolute atomic E-state index is 6.30. The first-order chi connectivity index (χ1) is 21.2. The van der Waals surface area contributed by atoms with Gasteiger partial charge in [-0.1, -0.05) is 91.0 Å². The third-order valence-electron chi connectivity index (χ3n) is 8.04. The molecule has 6 aromatic rings. The van der Waals surface area contributed by atoms with Gasteiger partial charge in [0.1, 0.15) is 11.5 Å². The summed E-state index contributed by atoms with van der Waals surface area (Å²) < 4.78 is 8.29. The normalized spacial score (nSPS) is 15.0. The van der Waals surface area contributed by atoms with Gasteiger partial charge in [0.25, 0.3) is 0 Å². The first-order valence-electron chi connectivity index (χ1n) is 14.5. The molecule has 0 bridgehead atoms. The Bertz CT molecular complexity index is 1950. The zero-order valence-electron chi connectivity index (χ0n) is 23.7. The molecule has 0 radical (unpaired) electrons. The molecule has 208 valence electrons. The van der Waals surface area contributed by atoms with Gasteiger partial charge in [0, 0.05) is 5.56 Å². The Labute approximate surface area is 250 Å². The highest BCUT2D eigenvalue weighted by molar-refractivity contribution is 6.18. The number of rotatable bonds is 6. The molecule has 0 aliphatic carbocycles. The van der Waals surface area contributed by atoms with Crippen LogP contribution in [0.15, 0.2) is 145 Å². The highest BCUT2D eigenvalue weighted by Gasteiger charge is 2.44. The summed E-state index contributed by atoms with van der Waals surface area (Å²) in [5, 5.41) is 5.05. The molecule has 0 unspecified atom stereocenters. The van der Waals surface area contributed by atoms with E-state index in [0.717, 1.165) is 57.2 Å². The maximum atomic E-state index is 6.30. The third-order valence-corrected chi connectivity index (χ3v) is 8.04. The smallest absolute Gasteiger partial charge is 0.213 e. The summed E-state index contributed by atoms with van der Waals surface area (Å²) in [4.78, 5) is 10.1. The van der Waals surface area contributed by atoms with Crippen LogP contribution in [0.1, 0.15) is 28.4 Å². The summed E-state index contributed by atoms with van der Waals surface area (Å²) in [5.74, 6) is 3.32.